The monoisotopic (exact) mass is 231 g/mol. The first-order valence-electron chi connectivity index (χ1n) is 5.86. The Bertz CT molecular complexity index is 495. The summed E-state index contributed by atoms with van der Waals surface area (Å²) in [7, 11) is 0. The highest BCUT2D eigenvalue weighted by molar-refractivity contribution is 5.38. The van der Waals surface area contributed by atoms with Crippen LogP contribution in [0.25, 0.3) is 0 Å². The molecule has 1 aromatic heterocycles. The number of anilines is 1. The first kappa shape index (κ1) is 10.3. The molecule has 0 amide bonds. The fourth-order valence-corrected chi connectivity index (χ4v) is 2.49. The van der Waals surface area contributed by atoms with Crippen LogP contribution in [-0.2, 0) is 0 Å². The Kier molecular flexibility index (Phi) is 2.55. The van der Waals surface area contributed by atoms with E-state index in [9.17, 15) is 4.39 Å². The van der Waals surface area contributed by atoms with Crippen molar-refractivity contribution in [2.75, 3.05) is 11.4 Å². The molecule has 88 valence electrons. The van der Waals surface area contributed by atoms with Gasteiger partial charge in [0.2, 0.25) is 5.95 Å². The smallest absolute Gasteiger partial charge is 0.203 e. The Hall–Kier alpha value is -1.84. The van der Waals surface area contributed by atoms with E-state index in [1.807, 2.05) is 12.3 Å². The molecule has 0 bridgehead atoms. The lowest BCUT2D eigenvalue weighted by Crippen LogP contribution is -2.23. The van der Waals surface area contributed by atoms with E-state index in [4.69, 9.17) is 0 Å². The fraction of sp³-hybridized carbons (Fsp3) is 0.308. The number of hydrogen-bond acceptors (Lipinski definition) is 2. The predicted octanol–water partition coefficient (Wildman–Crippen LogP) is 2.89. The number of hydrogen-bond donors (Lipinski definition) is 1. The molecule has 3 rings (SSSR count). The molecule has 4 heteroatoms. The lowest BCUT2D eigenvalue weighted by atomic mass is 10.0. The molecule has 3 nitrogen and oxygen atoms in total. The summed E-state index contributed by atoms with van der Waals surface area (Å²) < 4.78 is 13.2. The third-order valence-electron chi connectivity index (χ3n) is 3.24. The van der Waals surface area contributed by atoms with Crippen LogP contribution in [-0.4, -0.2) is 16.5 Å². The Morgan fingerprint density at radius 2 is 2.35 bits per heavy atom. The van der Waals surface area contributed by atoms with Gasteiger partial charge < -0.3 is 9.88 Å². The van der Waals surface area contributed by atoms with Crippen LogP contribution in [0.2, 0.25) is 0 Å². The average molecular weight is 231 g/mol. The number of rotatable bonds is 2. The Balaban J connectivity index is 1.92. The maximum atomic E-state index is 13.2. The highest BCUT2D eigenvalue weighted by atomic mass is 19.1. The maximum Gasteiger partial charge on any atom is 0.203 e. The van der Waals surface area contributed by atoms with Crippen LogP contribution in [0.5, 0.6) is 0 Å². The van der Waals surface area contributed by atoms with Gasteiger partial charge in [-0.2, -0.15) is 0 Å². The zero-order valence-electron chi connectivity index (χ0n) is 9.44. The van der Waals surface area contributed by atoms with Gasteiger partial charge in [0.15, 0.2) is 0 Å². The molecule has 0 aliphatic carbocycles. The summed E-state index contributed by atoms with van der Waals surface area (Å²) in [6.07, 6.45) is 5.72. The average Bonchev–Trinajstić information content (AvgIpc) is 3.00. The van der Waals surface area contributed by atoms with Gasteiger partial charge in [-0.3, -0.25) is 0 Å². The Morgan fingerprint density at radius 1 is 1.41 bits per heavy atom. The summed E-state index contributed by atoms with van der Waals surface area (Å²) in [4.78, 5) is 9.59. The van der Waals surface area contributed by atoms with E-state index < -0.39 is 0 Å². The number of nitrogens with zero attached hydrogens (tertiary/aromatic N) is 2. The molecular weight excluding hydrogens is 217 g/mol. The second-order valence-corrected chi connectivity index (χ2v) is 4.32. The van der Waals surface area contributed by atoms with Gasteiger partial charge in [0.1, 0.15) is 5.82 Å². The summed E-state index contributed by atoms with van der Waals surface area (Å²) in [6, 6.07) is 7.08. The zero-order valence-corrected chi connectivity index (χ0v) is 9.44. The summed E-state index contributed by atoms with van der Waals surface area (Å²) >= 11 is 0. The molecule has 1 saturated heterocycles. The molecule has 1 aliphatic rings. The number of nitrogens with one attached hydrogen (secondary N) is 1. The molecule has 0 radical (unpaired) electrons. The topological polar surface area (TPSA) is 31.9 Å². The second-order valence-electron chi connectivity index (χ2n) is 4.32. The van der Waals surface area contributed by atoms with Crippen molar-refractivity contribution in [1.82, 2.24) is 9.97 Å². The second kappa shape index (κ2) is 4.20. The minimum atomic E-state index is -0.172. The molecule has 2 aromatic rings. The van der Waals surface area contributed by atoms with Crippen molar-refractivity contribution < 1.29 is 4.39 Å². The molecule has 1 N–H and O–H groups in total. The van der Waals surface area contributed by atoms with Gasteiger partial charge in [0.25, 0.3) is 0 Å². The normalized spacial score (nSPS) is 19.8. The van der Waals surface area contributed by atoms with E-state index in [1.165, 1.54) is 6.07 Å². The minimum Gasteiger partial charge on any atom is -0.335 e. The molecule has 1 aromatic carbocycles. The van der Waals surface area contributed by atoms with Crippen molar-refractivity contribution in [2.24, 2.45) is 0 Å². The minimum absolute atomic E-state index is 0.172. The van der Waals surface area contributed by atoms with Crippen molar-refractivity contribution >= 4 is 5.95 Å². The maximum absolute atomic E-state index is 13.2. The van der Waals surface area contributed by atoms with Crippen molar-refractivity contribution in [2.45, 2.75) is 18.9 Å². The highest BCUT2D eigenvalue weighted by Crippen LogP contribution is 2.34. The molecule has 0 saturated carbocycles. The molecular formula is C13H14FN3. The standard InChI is InChI=1S/C13H14FN3/c14-11-4-1-3-10(9-11)12-5-2-8-17(12)13-15-6-7-16-13/h1,3-4,6-7,9,12H,2,5,8H2,(H,15,16). The van der Waals surface area contributed by atoms with Gasteiger partial charge in [-0.1, -0.05) is 12.1 Å². The molecule has 1 atom stereocenters. The van der Waals surface area contributed by atoms with Crippen LogP contribution >= 0.6 is 0 Å². The van der Waals surface area contributed by atoms with Gasteiger partial charge in [0, 0.05) is 18.9 Å². The van der Waals surface area contributed by atoms with Crippen LogP contribution in [0.4, 0.5) is 10.3 Å². The largest absolute Gasteiger partial charge is 0.335 e. The number of aromatic amines is 1. The van der Waals surface area contributed by atoms with Crippen LogP contribution in [0.3, 0.4) is 0 Å². The quantitative estimate of drug-likeness (QED) is 0.861. The van der Waals surface area contributed by atoms with Gasteiger partial charge in [-0.15, -0.1) is 0 Å². The predicted molar refractivity (Wildman–Crippen MR) is 64.3 cm³/mol. The number of H-pyrrole nitrogens is 1. The van der Waals surface area contributed by atoms with E-state index in [-0.39, 0.29) is 11.9 Å². The fourth-order valence-electron chi connectivity index (χ4n) is 2.49. The molecule has 0 spiro atoms. The van der Waals surface area contributed by atoms with Crippen molar-refractivity contribution in [1.29, 1.82) is 0 Å². The Morgan fingerprint density at radius 3 is 3.12 bits per heavy atom. The number of imidazole rings is 1. The van der Waals surface area contributed by atoms with E-state index >= 15 is 0 Å². The van der Waals surface area contributed by atoms with Gasteiger partial charge in [0.05, 0.1) is 6.04 Å². The van der Waals surface area contributed by atoms with Gasteiger partial charge >= 0.3 is 0 Å². The molecule has 1 aliphatic heterocycles. The Labute approximate surface area is 99.3 Å². The van der Waals surface area contributed by atoms with E-state index in [0.717, 1.165) is 30.9 Å². The molecule has 2 heterocycles. The number of halogens is 1. The molecule has 17 heavy (non-hydrogen) atoms. The SMILES string of the molecule is Fc1cccc(C2CCCN2c2ncc[nH]2)c1. The van der Waals surface area contributed by atoms with Crippen LogP contribution in [0, 0.1) is 5.82 Å². The lowest BCUT2D eigenvalue weighted by molar-refractivity contribution is 0.617. The van der Waals surface area contributed by atoms with E-state index in [1.54, 1.807) is 18.3 Å². The van der Waals surface area contributed by atoms with Crippen LogP contribution < -0.4 is 4.90 Å². The summed E-state index contributed by atoms with van der Waals surface area (Å²) in [5.41, 5.74) is 1.03. The van der Waals surface area contributed by atoms with Crippen LogP contribution in [0.15, 0.2) is 36.7 Å². The van der Waals surface area contributed by atoms with Crippen molar-refractivity contribution in [3.05, 3.63) is 48.0 Å². The summed E-state index contributed by atoms with van der Waals surface area (Å²) in [5, 5.41) is 0. The number of benzene rings is 1. The van der Waals surface area contributed by atoms with Gasteiger partial charge in [-0.25, -0.2) is 9.37 Å². The van der Waals surface area contributed by atoms with Crippen LogP contribution in [0.1, 0.15) is 24.4 Å². The summed E-state index contributed by atoms with van der Waals surface area (Å²) in [6.45, 7) is 0.967. The van der Waals surface area contributed by atoms with Crippen molar-refractivity contribution in [3.8, 4) is 0 Å². The molecule has 1 fully saturated rings. The van der Waals surface area contributed by atoms with Gasteiger partial charge in [-0.05, 0) is 30.5 Å². The van der Waals surface area contributed by atoms with Crippen molar-refractivity contribution in [3.63, 3.8) is 0 Å². The summed E-state index contributed by atoms with van der Waals surface area (Å²) in [5.74, 6) is 0.700. The number of aromatic nitrogens is 2. The third-order valence-corrected chi connectivity index (χ3v) is 3.24. The first-order chi connectivity index (χ1) is 8.34. The highest BCUT2D eigenvalue weighted by Gasteiger charge is 2.27. The zero-order chi connectivity index (χ0) is 11.7. The van der Waals surface area contributed by atoms with E-state index in [2.05, 4.69) is 14.9 Å². The third kappa shape index (κ3) is 1.90. The van der Waals surface area contributed by atoms with E-state index in [0.29, 0.717) is 0 Å². The molecule has 1 unspecified atom stereocenters. The lowest BCUT2D eigenvalue weighted by Gasteiger charge is -2.24. The first-order valence-corrected chi connectivity index (χ1v) is 5.86.